The zero-order valence-electron chi connectivity index (χ0n) is 11.3. The molecule has 0 fully saturated rings. The summed E-state index contributed by atoms with van der Waals surface area (Å²) in [5, 5.41) is 11.8. The van der Waals surface area contributed by atoms with Crippen LogP contribution in [-0.4, -0.2) is 17.6 Å². The molecule has 0 unspecified atom stereocenters. The third kappa shape index (κ3) is 4.56. The van der Waals surface area contributed by atoms with E-state index in [0.29, 0.717) is 13.0 Å². The van der Waals surface area contributed by atoms with Crippen LogP contribution in [0.1, 0.15) is 11.1 Å². The molecule has 21 heavy (non-hydrogen) atoms. The van der Waals surface area contributed by atoms with Crippen LogP contribution < -0.4 is 5.32 Å². The number of nitrogens with one attached hydrogen (secondary N) is 1. The number of hydrogen-bond donors (Lipinski definition) is 2. The van der Waals surface area contributed by atoms with E-state index in [-0.39, 0.29) is 23.6 Å². The average molecular weight is 291 g/mol. The summed E-state index contributed by atoms with van der Waals surface area (Å²) >= 11 is 0. The molecule has 0 spiro atoms. The van der Waals surface area contributed by atoms with Gasteiger partial charge in [0.15, 0.2) is 0 Å². The summed E-state index contributed by atoms with van der Waals surface area (Å²) < 4.78 is 26.1. The van der Waals surface area contributed by atoms with Crippen molar-refractivity contribution >= 4 is 5.91 Å². The third-order valence-corrected chi connectivity index (χ3v) is 3.04. The Kier molecular flexibility index (Phi) is 4.87. The van der Waals surface area contributed by atoms with E-state index in [9.17, 15) is 13.6 Å². The number of carbonyl (C=O) groups is 1. The second-order valence-electron chi connectivity index (χ2n) is 4.68. The quantitative estimate of drug-likeness (QED) is 0.889. The Balaban J connectivity index is 1.81. The molecule has 0 aromatic heterocycles. The van der Waals surface area contributed by atoms with Crippen molar-refractivity contribution in [1.82, 2.24) is 5.32 Å². The summed E-state index contributed by atoms with van der Waals surface area (Å²) in [5.41, 5.74) is 1.14. The highest BCUT2D eigenvalue weighted by molar-refractivity contribution is 5.78. The summed E-state index contributed by atoms with van der Waals surface area (Å²) in [6.45, 7) is 0.409. The van der Waals surface area contributed by atoms with Crippen LogP contribution in [0.25, 0.3) is 0 Å². The molecule has 2 aromatic carbocycles. The molecule has 110 valence electrons. The second kappa shape index (κ2) is 6.83. The molecule has 2 rings (SSSR count). The smallest absolute Gasteiger partial charge is 0.224 e. The highest BCUT2D eigenvalue weighted by Gasteiger charge is 2.08. The van der Waals surface area contributed by atoms with Crippen LogP contribution in [0.15, 0.2) is 42.5 Å². The Morgan fingerprint density at radius 1 is 1.10 bits per heavy atom. The van der Waals surface area contributed by atoms with Gasteiger partial charge in [0.05, 0.1) is 6.42 Å². The van der Waals surface area contributed by atoms with Gasteiger partial charge in [-0.15, -0.1) is 0 Å². The molecule has 0 saturated carbocycles. The predicted molar refractivity (Wildman–Crippen MR) is 74.9 cm³/mol. The van der Waals surface area contributed by atoms with Crippen LogP contribution in [0.3, 0.4) is 0 Å². The highest BCUT2D eigenvalue weighted by Crippen LogP contribution is 2.11. The number of phenolic OH excluding ortho intramolecular Hbond substituents is 1. The van der Waals surface area contributed by atoms with E-state index in [2.05, 4.69) is 5.32 Å². The van der Waals surface area contributed by atoms with E-state index in [1.807, 2.05) is 0 Å². The van der Waals surface area contributed by atoms with Crippen molar-refractivity contribution in [1.29, 1.82) is 0 Å². The van der Waals surface area contributed by atoms with E-state index < -0.39 is 11.6 Å². The maximum absolute atomic E-state index is 13.4. The normalized spacial score (nSPS) is 10.4. The molecule has 0 heterocycles. The summed E-state index contributed by atoms with van der Waals surface area (Å²) in [6, 6.07) is 9.84. The topological polar surface area (TPSA) is 49.3 Å². The van der Waals surface area contributed by atoms with Gasteiger partial charge in [-0.2, -0.15) is 0 Å². The van der Waals surface area contributed by atoms with E-state index in [1.165, 1.54) is 6.07 Å². The van der Waals surface area contributed by atoms with Gasteiger partial charge in [0.2, 0.25) is 5.91 Å². The van der Waals surface area contributed by atoms with E-state index in [1.54, 1.807) is 24.3 Å². The monoisotopic (exact) mass is 291 g/mol. The molecule has 0 aliphatic rings. The van der Waals surface area contributed by atoms with Gasteiger partial charge in [-0.3, -0.25) is 4.79 Å². The van der Waals surface area contributed by atoms with Crippen molar-refractivity contribution in [3.63, 3.8) is 0 Å². The van der Waals surface area contributed by atoms with Gasteiger partial charge in [-0.1, -0.05) is 18.2 Å². The van der Waals surface area contributed by atoms with Crippen LogP contribution in [0.5, 0.6) is 5.75 Å². The minimum absolute atomic E-state index is 0.123. The van der Waals surface area contributed by atoms with Crippen molar-refractivity contribution in [3.05, 3.63) is 65.2 Å². The maximum Gasteiger partial charge on any atom is 0.224 e. The lowest BCUT2D eigenvalue weighted by Gasteiger charge is -2.06. The zero-order chi connectivity index (χ0) is 15.2. The molecule has 5 heteroatoms. The molecule has 0 aliphatic carbocycles. The average Bonchev–Trinajstić information content (AvgIpc) is 2.44. The number of hydrogen-bond acceptors (Lipinski definition) is 2. The van der Waals surface area contributed by atoms with Gasteiger partial charge in [-0.05, 0) is 35.7 Å². The Morgan fingerprint density at radius 2 is 1.81 bits per heavy atom. The number of aromatic hydroxyl groups is 1. The van der Waals surface area contributed by atoms with Gasteiger partial charge in [0, 0.05) is 12.6 Å². The third-order valence-electron chi connectivity index (χ3n) is 3.04. The summed E-state index contributed by atoms with van der Waals surface area (Å²) in [5.74, 6) is -1.51. The fourth-order valence-corrected chi connectivity index (χ4v) is 1.91. The van der Waals surface area contributed by atoms with Crippen LogP contribution in [0, 0.1) is 11.6 Å². The van der Waals surface area contributed by atoms with Gasteiger partial charge in [0.1, 0.15) is 17.4 Å². The predicted octanol–water partition coefficient (Wildman–Crippen LogP) is 2.57. The SMILES string of the molecule is O=C(Cc1ccc(F)cc1F)NCCc1ccc(O)cc1. The summed E-state index contributed by atoms with van der Waals surface area (Å²) in [7, 11) is 0. The first-order valence-corrected chi connectivity index (χ1v) is 6.53. The number of amides is 1. The fraction of sp³-hybridized carbons (Fsp3) is 0.188. The zero-order valence-corrected chi connectivity index (χ0v) is 11.3. The number of phenols is 1. The maximum atomic E-state index is 13.4. The fourth-order valence-electron chi connectivity index (χ4n) is 1.91. The molecular formula is C16H15F2NO2. The van der Waals surface area contributed by atoms with E-state index in [0.717, 1.165) is 17.7 Å². The minimum atomic E-state index is -0.719. The number of benzene rings is 2. The lowest BCUT2D eigenvalue weighted by atomic mass is 10.1. The Bertz CT molecular complexity index is 627. The second-order valence-corrected chi connectivity index (χ2v) is 4.68. The molecule has 0 saturated heterocycles. The van der Waals surface area contributed by atoms with E-state index >= 15 is 0 Å². The Morgan fingerprint density at radius 3 is 2.48 bits per heavy atom. The van der Waals surface area contributed by atoms with Crippen LogP contribution >= 0.6 is 0 Å². The van der Waals surface area contributed by atoms with Crippen molar-refractivity contribution in [2.45, 2.75) is 12.8 Å². The van der Waals surface area contributed by atoms with Crippen molar-refractivity contribution in [3.8, 4) is 5.75 Å². The highest BCUT2D eigenvalue weighted by atomic mass is 19.1. The van der Waals surface area contributed by atoms with Gasteiger partial charge in [-0.25, -0.2) is 8.78 Å². The molecule has 0 aliphatic heterocycles. The first-order chi connectivity index (χ1) is 10.0. The molecule has 2 N–H and O–H groups in total. The van der Waals surface area contributed by atoms with Gasteiger partial charge in [0.25, 0.3) is 0 Å². The minimum Gasteiger partial charge on any atom is -0.508 e. The molecule has 2 aromatic rings. The van der Waals surface area contributed by atoms with Crippen molar-refractivity contribution in [2.75, 3.05) is 6.54 Å². The number of carbonyl (C=O) groups excluding carboxylic acids is 1. The lowest BCUT2D eigenvalue weighted by Crippen LogP contribution is -2.27. The number of rotatable bonds is 5. The van der Waals surface area contributed by atoms with Crippen molar-refractivity contribution < 1.29 is 18.7 Å². The molecule has 3 nitrogen and oxygen atoms in total. The van der Waals surface area contributed by atoms with E-state index in [4.69, 9.17) is 5.11 Å². The first-order valence-electron chi connectivity index (χ1n) is 6.53. The lowest BCUT2D eigenvalue weighted by molar-refractivity contribution is -0.120. The van der Waals surface area contributed by atoms with Crippen LogP contribution in [-0.2, 0) is 17.6 Å². The van der Waals surface area contributed by atoms with Crippen LogP contribution in [0.4, 0.5) is 8.78 Å². The Labute approximate surface area is 121 Å². The van der Waals surface area contributed by atoms with Gasteiger partial charge >= 0.3 is 0 Å². The van der Waals surface area contributed by atoms with Gasteiger partial charge < -0.3 is 10.4 Å². The number of halogens is 2. The Hall–Kier alpha value is -2.43. The summed E-state index contributed by atoms with van der Waals surface area (Å²) in [6.07, 6.45) is 0.486. The first kappa shape index (κ1) is 15.0. The summed E-state index contributed by atoms with van der Waals surface area (Å²) in [4.78, 5) is 11.7. The standard InChI is InChI=1S/C16H15F2NO2/c17-13-4-3-12(15(18)10-13)9-16(21)19-8-7-11-1-5-14(20)6-2-11/h1-6,10,20H,7-9H2,(H,19,21). The van der Waals surface area contributed by atoms with Crippen LogP contribution in [0.2, 0.25) is 0 Å². The van der Waals surface area contributed by atoms with Crippen molar-refractivity contribution in [2.24, 2.45) is 0 Å². The largest absolute Gasteiger partial charge is 0.508 e. The molecule has 0 bridgehead atoms. The molecule has 0 radical (unpaired) electrons. The molecular weight excluding hydrogens is 276 g/mol. The molecule has 1 amide bonds. The molecule has 0 atom stereocenters.